The van der Waals surface area contributed by atoms with Crippen LogP contribution in [0.15, 0.2) is 23.1 Å². The van der Waals surface area contributed by atoms with E-state index in [1.165, 1.54) is 11.1 Å². The van der Waals surface area contributed by atoms with Crippen molar-refractivity contribution in [1.29, 1.82) is 0 Å². The molecule has 0 atom stereocenters. The van der Waals surface area contributed by atoms with Gasteiger partial charge in [-0.1, -0.05) is 12.5 Å². The molecule has 0 unspecified atom stereocenters. The number of hydrogen-bond acceptors (Lipinski definition) is 3. The first kappa shape index (κ1) is 13.6. The van der Waals surface area contributed by atoms with Crippen LogP contribution in [0, 0.1) is 0 Å². The fourth-order valence-electron chi connectivity index (χ4n) is 2.47. The zero-order chi connectivity index (χ0) is 13.0. The first-order valence-electron chi connectivity index (χ1n) is 6.68. The van der Waals surface area contributed by atoms with Crippen LogP contribution >= 0.6 is 0 Å². The van der Waals surface area contributed by atoms with Gasteiger partial charge in [-0.2, -0.15) is 0 Å². The molecule has 0 heterocycles. The molecule has 1 aliphatic rings. The number of benzene rings is 1. The van der Waals surface area contributed by atoms with E-state index < -0.39 is 9.84 Å². The zero-order valence-corrected chi connectivity index (χ0v) is 11.5. The first-order valence-corrected chi connectivity index (χ1v) is 8.33. The van der Waals surface area contributed by atoms with Gasteiger partial charge in [0.15, 0.2) is 9.84 Å². The number of hydrogen-bond donors (Lipinski definition) is 1. The third-order valence-electron chi connectivity index (χ3n) is 3.55. The third-order valence-corrected chi connectivity index (χ3v) is 5.34. The second kappa shape index (κ2) is 5.85. The van der Waals surface area contributed by atoms with Gasteiger partial charge in [-0.05, 0) is 61.9 Å². The summed E-state index contributed by atoms with van der Waals surface area (Å²) in [6, 6.07) is 5.62. The maximum atomic E-state index is 12.2. The molecular weight excluding hydrogens is 246 g/mol. The van der Waals surface area contributed by atoms with Crippen LogP contribution in [0.25, 0.3) is 0 Å². The highest BCUT2D eigenvalue weighted by Gasteiger charge is 2.18. The van der Waals surface area contributed by atoms with Crippen LogP contribution in [-0.2, 0) is 22.7 Å². The van der Waals surface area contributed by atoms with E-state index in [1.54, 1.807) is 6.07 Å². The molecule has 18 heavy (non-hydrogen) atoms. The minimum absolute atomic E-state index is 0.242. The summed E-state index contributed by atoms with van der Waals surface area (Å²) < 4.78 is 24.3. The Morgan fingerprint density at radius 1 is 1.06 bits per heavy atom. The molecule has 4 heteroatoms. The Hall–Kier alpha value is -0.870. The van der Waals surface area contributed by atoms with Crippen molar-refractivity contribution in [2.75, 3.05) is 12.3 Å². The van der Waals surface area contributed by atoms with E-state index in [0.717, 1.165) is 32.1 Å². The largest absolute Gasteiger partial charge is 0.330 e. The molecule has 0 aromatic heterocycles. The molecule has 0 amide bonds. The van der Waals surface area contributed by atoms with Crippen molar-refractivity contribution < 1.29 is 8.42 Å². The van der Waals surface area contributed by atoms with Crippen LogP contribution in [0.1, 0.15) is 36.8 Å². The second-order valence-corrected chi connectivity index (χ2v) is 7.06. The van der Waals surface area contributed by atoms with Crippen LogP contribution in [0.3, 0.4) is 0 Å². The van der Waals surface area contributed by atoms with E-state index in [0.29, 0.717) is 17.9 Å². The Kier molecular flexibility index (Phi) is 4.40. The number of sulfone groups is 1. The number of rotatable bonds is 6. The predicted molar refractivity (Wildman–Crippen MR) is 73.4 cm³/mol. The van der Waals surface area contributed by atoms with E-state index in [9.17, 15) is 8.42 Å². The SMILES string of the molecule is NCCCCCS(=O)(=O)c1ccc2c(c1)CCC2. The summed E-state index contributed by atoms with van der Waals surface area (Å²) in [5.74, 6) is 0.242. The normalized spacial score (nSPS) is 14.7. The van der Waals surface area contributed by atoms with Gasteiger partial charge in [0.2, 0.25) is 0 Å². The maximum absolute atomic E-state index is 12.2. The molecule has 0 aliphatic heterocycles. The summed E-state index contributed by atoms with van der Waals surface area (Å²) in [4.78, 5) is 0.496. The summed E-state index contributed by atoms with van der Waals surface area (Å²) in [5, 5.41) is 0. The van der Waals surface area contributed by atoms with Gasteiger partial charge in [-0.15, -0.1) is 0 Å². The molecule has 3 nitrogen and oxygen atoms in total. The Balaban J connectivity index is 2.05. The maximum Gasteiger partial charge on any atom is 0.178 e. The lowest BCUT2D eigenvalue weighted by Gasteiger charge is -2.06. The average Bonchev–Trinajstić information content (AvgIpc) is 2.82. The van der Waals surface area contributed by atoms with Crippen LogP contribution < -0.4 is 5.73 Å². The van der Waals surface area contributed by atoms with Crippen molar-refractivity contribution in [3.05, 3.63) is 29.3 Å². The second-order valence-electron chi connectivity index (χ2n) is 4.95. The molecular formula is C14H21NO2S. The average molecular weight is 267 g/mol. The molecule has 0 radical (unpaired) electrons. The Labute approximate surface area is 109 Å². The summed E-state index contributed by atoms with van der Waals surface area (Å²) in [5.41, 5.74) is 7.94. The number of fused-ring (bicyclic) bond motifs is 1. The van der Waals surface area contributed by atoms with Crippen molar-refractivity contribution in [2.45, 2.75) is 43.4 Å². The monoisotopic (exact) mass is 267 g/mol. The topological polar surface area (TPSA) is 60.2 Å². The predicted octanol–water partition coefficient (Wildman–Crippen LogP) is 2.08. The van der Waals surface area contributed by atoms with Gasteiger partial charge in [0, 0.05) is 0 Å². The standard InChI is InChI=1S/C14H21NO2S/c15-9-2-1-3-10-18(16,17)14-8-7-12-5-4-6-13(12)11-14/h7-8,11H,1-6,9-10,15H2. The number of aryl methyl sites for hydroxylation is 2. The summed E-state index contributed by atoms with van der Waals surface area (Å²) in [7, 11) is -3.10. The van der Waals surface area contributed by atoms with Gasteiger partial charge in [0.05, 0.1) is 10.6 Å². The highest BCUT2D eigenvalue weighted by atomic mass is 32.2. The zero-order valence-electron chi connectivity index (χ0n) is 10.7. The molecule has 100 valence electrons. The first-order chi connectivity index (χ1) is 8.63. The lowest BCUT2D eigenvalue weighted by molar-refractivity contribution is 0.590. The Morgan fingerprint density at radius 2 is 1.83 bits per heavy atom. The lowest BCUT2D eigenvalue weighted by Crippen LogP contribution is -2.08. The van der Waals surface area contributed by atoms with Gasteiger partial charge >= 0.3 is 0 Å². The van der Waals surface area contributed by atoms with Gasteiger partial charge in [-0.25, -0.2) is 8.42 Å². The fourth-order valence-corrected chi connectivity index (χ4v) is 3.89. The molecule has 0 saturated heterocycles. The summed E-state index contributed by atoms with van der Waals surface area (Å²) in [6.45, 7) is 0.638. The van der Waals surface area contributed by atoms with Crippen LogP contribution in [0.5, 0.6) is 0 Å². The highest BCUT2D eigenvalue weighted by Crippen LogP contribution is 2.25. The van der Waals surface area contributed by atoms with E-state index in [4.69, 9.17) is 5.73 Å². The van der Waals surface area contributed by atoms with Gasteiger partial charge < -0.3 is 5.73 Å². The summed E-state index contributed by atoms with van der Waals surface area (Å²) >= 11 is 0. The Bertz CT molecular complexity index is 509. The van der Waals surface area contributed by atoms with Crippen molar-refractivity contribution in [3.8, 4) is 0 Å². The molecule has 0 saturated carbocycles. The van der Waals surface area contributed by atoms with Crippen molar-refractivity contribution >= 4 is 9.84 Å². The fraction of sp³-hybridized carbons (Fsp3) is 0.571. The molecule has 2 N–H and O–H groups in total. The molecule has 0 fully saturated rings. The van der Waals surface area contributed by atoms with Crippen molar-refractivity contribution in [1.82, 2.24) is 0 Å². The van der Waals surface area contributed by atoms with Gasteiger partial charge in [-0.3, -0.25) is 0 Å². The van der Waals surface area contributed by atoms with Crippen LogP contribution in [0.4, 0.5) is 0 Å². The third kappa shape index (κ3) is 3.12. The van der Waals surface area contributed by atoms with Crippen molar-refractivity contribution in [3.63, 3.8) is 0 Å². The van der Waals surface area contributed by atoms with Crippen LogP contribution in [-0.4, -0.2) is 20.7 Å². The molecule has 1 aliphatic carbocycles. The number of unbranched alkanes of at least 4 members (excludes halogenated alkanes) is 2. The van der Waals surface area contributed by atoms with Crippen LogP contribution in [0.2, 0.25) is 0 Å². The summed E-state index contributed by atoms with van der Waals surface area (Å²) in [6.07, 6.45) is 5.75. The van der Waals surface area contributed by atoms with Gasteiger partial charge in [0.25, 0.3) is 0 Å². The van der Waals surface area contributed by atoms with Crippen molar-refractivity contribution in [2.24, 2.45) is 5.73 Å². The van der Waals surface area contributed by atoms with E-state index in [2.05, 4.69) is 0 Å². The minimum Gasteiger partial charge on any atom is -0.330 e. The van der Waals surface area contributed by atoms with E-state index in [-0.39, 0.29) is 5.75 Å². The quantitative estimate of drug-likeness (QED) is 0.803. The molecule has 1 aromatic rings. The lowest BCUT2D eigenvalue weighted by atomic mass is 10.1. The van der Waals surface area contributed by atoms with E-state index in [1.807, 2.05) is 12.1 Å². The number of nitrogens with two attached hydrogens (primary N) is 1. The minimum atomic E-state index is -3.10. The molecule has 2 rings (SSSR count). The molecule has 1 aromatic carbocycles. The van der Waals surface area contributed by atoms with E-state index >= 15 is 0 Å². The molecule has 0 spiro atoms. The smallest absolute Gasteiger partial charge is 0.178 e. The Morgan fingerprint density at radius 3 is 2.61 bits per heavy atom. The van der Waals surface area contributed by atoms with Gasteiger partial charge in [0.1, 0.15) is 0 Å². The molecule has 0 bridgehead atoms. The highest BCUT2D eigenvalue weighted by molar-refractivity contribution is 7.91.